The summed E-state index contributed by atoms with van der Waals surface area (Å²) in [6.07, 6.45) is 0. The summed E-state index contributed by atoms with van der Waals surface area (Å²) < 4.78 is 31.4. The maximum absolute atomic E-state index is 10.6. The Morgan fingerprint density at radius 1 is 1.16 bits per heavy atom. The molecule has 19 heavy (non-hydrogen) atoms. The van der Waals surface area contributed by atoms with Gasteiger partial charge in [0.1, 0.15) is 12.4 Å². The number of hydrogen-bond acceptors (Lipinski definition) is 6. The van der Waals surface area contributed by atoms with Crippen molar-refractivity contribution in [3.63, 3.8) is 0 Å². The molecule has 0 spiro atoms. The van der Waals surface area contributed by atoms with Crippen LogP contribution >= 0.6 is 10.7 Å². The summed E-state index contributed by atoms with van der Waals surface area (Å²) in [7, 11) is 1.45. The van der Waals surface area contributed by atoms with Gasteiger partial charge in [0, 0.05) is 22.8 Å². The highest BCUT2D eigenvalue weighted by Gasteiger charge is 2.05. The monoisotopic (exact) mass is 309 g/mol. The summed E-state index contributed by atoms with van der Waals surface area (Å²) in [5.41, 5.74) is -0.0177. The fourth-order valence-corrected chi connectivity index (χ4v) is 1.65. The van der Waals surface area contributed by atoms with E-state index in [0.29, 0.717) is 5.75 Å². The molecule has 0 aromatic heterocycles. The molecule has 0 bridgehead atoms. The van der Waals surface area contributed by atoms with Crippen LogP contribution in [-0.2, 0) is 13.8 Å². The molecule has 1 aromatic rings. The SMILES string of the molecule is O=[N+]([O-])c1ccc(OCCOCCS(=O)(=O)Cl)cc1. The Hall–Kier alpha value is -1.38. The highest BCUT2D eigenvalue weighted by atomic mass is 35.7. The zero-order valence-corrected chi connectivity index (χ0v) is 11.4. The third-order valence-electron chi connectivity index (χ3n) is 2.02. The number of ether oxygens (including phenoxy) is 2. The van der Waals surface area contributed by atoms with E-state index in [2.05, 4.69) is 0 Å². The lowest BCUT2D eigenvalue weighted by Crippen LogP contribution is -2.11. The number of nitro groups is 1. The molecule has 106 valence electrons. The molecule has 1 aromatic carbocycles. The van der Waals surface area contributed by atoms with Gasteiger partial charge in [-0.2, -0.15) is 0 Å². The van der Waals surface area contributed by atoms with E-state index < -0.39 is 14.0 Å². The number of non-ortho nitro benzene ring substituents is 1. The van der Waals surface area contributed by atoms with Gasteiger partial charge in [0.15, 0.2) is 0 Å². The average molecular weight is 310 g/mol. The van der Waals surface area contributed by atoms with Gasteiger partial charge in [-0.05, 0) is 12.1 Å². The van der Waals surface area contributed by atoms with E-state index in [9.17, 15) is 18.5 Å². The summed E-state index contributed by atoms with van der Waals surface area (Å²) in [5, 5.41) is 10.4. The van der Waals surface area contributed by atoms with E-state index in [0.717, 1.165) is 0 Å². The first-order valence-corrected chi connectivity index (χ1v) is 7.74. The van der Waals surface area contributed by atoms with Gasteiger partial charge < -0.3 is 9.47 Å². The van der Waals surface area contributed by atoms with Crippen LogP contribution in [0.15, 0.2) is 24.3 Å². The van der Waals surface area contributed by atoms with E-state index in [1.54, 1.807) is 0 Å². The van der Waals surface area contributed by atoms with Crippen molar-refractivity contribution in [1.29, 1.82) is 0 Å². The molecule has 0 saturated heterocycles. The first-order valence-electron chi connectivity index (χ1n) is 5.26. The summed E-state index contributed by atoms with van der Waals surface area (Å²) >= 11 is 0. The van der Waals surface area contributed by atoms with E-state index in [1.807, 2.05) is 0 Å². The molecule has 1 rings (SSSR count). The fraction of sp³-hybridized carbons (Fsp3) is 0.400. The Kier molecular flexibility index (Phi) is 6.00. The largest absolute Gasteiger partial charge is 0.491 e. The molecule has 0 amide bonds. The first kappa shape index (κ1) is 15.7. The molecule has 0 radical (unpaired) electrons. The quantitative estimate of drug-likeness (QED) is 0.313. The lowest BCUT2D eigenvalue weighted by atomic mass is 10.3. The van der Waals surface area contributed by atoms with Crippen LogP contribution in [0.5, 0.6) is 5.75 Å². The predicted molar refractivity (Wildman–Crippen MR) is 69.1 cm³/mol. The summed E-state index contributed by atoms with van der Waals surface area (Å²) in [5.74, 6) is 0.214. The molecule has 0 atom stereocenters. The third-order valence-corrected chi connectivity index (χ3v) is 3.13. The molecule has 0 aliphatic rings. The molecule has 7 nitrogen and oxygen atoms in total. The minimum absolute atomic E-state index is 0.00451. The fourth-order valence-electron chi connectivity index (χ4n) is 1.14. The maximum Gasteiger partial charge on any atom is 0.269 e. The van der Waals surface area contributed by atoms with Crippen molar-refractivity contribution in [3.05, 3.63) is 34.4 Å². The number of nitrogens with zero attached hydrogens (tertiary/aromatic N) is 1. The number of halogens is 1. The minimum Gasteiger partial charge on any atom is -0.491 e. The van der Waals surface area contributed by atoms with Crippen LogP contribution in [0.1, 0.15) is 0 Å². The van der Waals surface area contributed by atoms with E-state index >= 15 is 0 Å². The Bertz CT molecular complexity index is 515. The van der Waals surface area contributed by atoms with E-state index in [4.69, 9.17) is 20.2 Å². The Morgan fingerprint density at radius 2 is 1.79 bits per heavy atom. The number of nitro benzene ring substituents is 1. The van der Waals surface area contributed by atoms with Crippen LogP contribution in [0.3, 0.4) is 0 Å². The molecule has 0 saturated carbocycles. The molecule has 0 N–H and O–H groups in total. The molecular formula is C10H12ClNO6S. The Morgan fingerprint density at radius 3 is 2.32 bits per heavy atom. The van der Waals surface area contributed by atoms with Crippen LogP contribution in [0.2, 0.25) is 0 Å². The van der Waals surface area contributed by atoms with Gasteiger partial charge in [0.25, 0.3) is 5.69 Å². The van der Waals surface area contributed by atoms with Crippen molar-refractivity contribution in [1.82, 2.24) is 0 Å². The number of hydrogen-bond donors (Lipinski definition) is 0. The molecule has 0 unspecified atom stereocenters. The van der Waals surface area contributed by atoms with Gasteiger partial charge in [-0.1, -0.05) is 0 Å². The minimum atomic E-state index is -3.53. The maximum atomic E-state index is 10.6. The molecule has 0 fully saturated rings. The zero-order valence-electron chi connectivity index (χ0n) is 9.82. The Labute approximate surface area is 114 Å². The molecular weight excluding hydrogens is 298 g/mol. The smallest absolute Gasteiger partial charge is 0.269 e. The summed E-state index contributed by atoms with van der Waals surface area (Å²) in [4.78, 5) is 9.91. The van der Waals surface area contributed by atoms with Crippen LogP contribution in [-0.4, -0.2) is 38.9 Å². The summed E-state index contributed by atoms with van der Waals surface area (Å²) in [6.45, 7) is 0.402. The Balaban J connectivity index is 2.21. The highest BCUT2D eigenvalue weighted by Crippen LogP contribution is 2.16. The number of rotatable bonds is 8. The highest BCUT2D eigenvalue weighted by molar-refractivity contribution is 8.13. The van der Waals surface area contributed by atoms with Crippen molar-refractivity contribution in [2.45, 2.75) is 0 Å². The number of benzene rings is 1. The van der Waals surface area contributed by atoms with Crippen molar-refractivity contribution in [2.75, 3.05) is 25.6 Å². The van der Waals surface area contributed by atoms with Crippen LogP contribution in [0.25, 0.3) is 0 Å². The normalized spacial score (nSPS) is 11.2. The second-order valence-corrected chi connectivity index (χ2v) is 6.35. The van der Waals surface area contributed by atoms with Gasteiger partial charge in [0.05, 0.1) is 23.9 Å². The van der Waals surface area contributed by atoms with Gasteiger partial charge in [-0.15, -0.1) is 0 Å². The van der Waals surface area contributed by atoms with Crippen LogP contribution in [0.4, 0.5) is 5.69 Å². The molecule has 0 aliphatic heterocycles. The van der Waals surface area contributed by atoms with E-state index in [1.165, 1.54) is 24.3 Å². The lowest BCUT2D eigenvalue weighted by molar-refractivity contribution is -0.384. The molecule has 0 aliphatic carbocycles. The van der Waals surface area contributed by atoms with Gasteiger partial charge in [-0.25, -0.2) is 8.42 Å². The lowest BCUT2D eigenvalue weighted by Gasteiger charge is -2.06. The zero-order chi connectivity index (χ0) is 14.3. The van der Waals surface area contributed by atoms with Crippen molar-refractivity contribution < 1.29 is 22.8 Å². The van der Waals surface area contributed by atoms with Crippen molar-refractivity contribution >= 4 is 25.4 Å². The van der Waals surface area contributed by atoms with Crippen molar-refractivity contribution in [3.8, 4) is 5.75 Å². The summed E-state index contributed by atoms with van der Waals surface area (Å²) in [6, 6.07) is 5.61. The van der Waals surface area contributed by atoms with Gasteiger partial charge in [-0.3, -0.25) is 10.1 Å². The van der Waals surface area contributed by atoms with Crippen LogP contribution in [0, 0.1) is 10.1 Å². The third kappa shape index (κ3) is 6.94. The van der Waals surface area contributed by atoms with Crippen molar-refractivity contribution in [2.24, 2.45) is 0 Å². The van der Waals surface area contributed by atoms with Gasteiger partial charge >= 0.3 is 0 Å². The topological polar surface area (TPSA) is 95.7 Å². The second kappa shape index (κ2) is 7.27. The van der Waals surface area contributed by atoms with Gasteiger partial charge in [0.2, 0.25) is 9.05 Å². The first-order chi connectivity index (χ1) is 8.88. The predicted octanol–water partition coefficient (Wildman–Crippen LogP) is 1.56. The van der Waals surface area contributed by atoms with Crippen LogP contribution < -0.4 is 4.74 Å². The molecule has 9 heteroatoms. The average Bonchev–Trinajstić information content (AvgIpc) is 2.33. The van der Waals surface area contributed by atoms with E-state index in [-0.39, 0.29) is 31.3 Å². The second-order valence-electron chi connectivity index (χ2n) is 3.45. The standard InChI is InChI=1S/C10H12ClNO6S/c11-19(15,16)8-7-17-5-6-18-10-3-1-9(2-4-10)12(13)14/h1-4H,5-8H2. The molecule has 0 heterocycles.